The third kappa shape index (κ3) is 3.35. The normalized spacial score (nSPS) is 16.9. The van der Waals surface area contributed by atoms with Crippen LogP contribution in [0.2, 0.25) is 0 Å². The van der Waals surface area contributed by atoms with Gasteiger partial charge in [0.05, 0.1) is 18.5 Å². The number of hydrogen-bond donors (Lipinski definition) is 1. The summed E-state index contributed by atoms with van der Waals surface area (Å²) in [6.07, 6.45) is 0.200. The fourth-order valence-corrected chi connectivity index (χ4v) is 3.46. The van der Waals surface area contributed by atoms with Crippen molar-refractivity contribution in [1.29, 1.82) is 0 Å². The van der Waals surface area contributed by atoms with E-state index < -0.39 is 16.1 Å². The Morgan fingerprint density at radius 2 is 1.92 bits per heavy atom. The second-order valence-corrected chi connectivity index (χ2v) is 7.63. The molecule has 1 amide bonds. The van der Waals surface area contributed by atoms with Crippen molar-refractivity contribution in [1.82, 2.24) is 0 Å². The molecule has 0 saturated heterocycles. The lowest BCUT2D eigenvalue weighted by molar-refractivity contribution is -0.122. The van der Waals surface area contributed by atoms with Crippen LogP contribution in [0.25, 0.3) is 0 Å². The molecule has 1 unspecified atom stereocenters. The maximum atomic E-state index is 12.5. The highest BCUT2D eigenvalue weighted by molar-refractivity contribution is 7.92. The zero-order chi connectivity index (χ0) is 17.3. The van der Waals surface area contributed by atoms with Gasteiger partial charge in [-0.3, -0.25) is 9.10 Å². The predicted octanol–water partition coefficient (Wildman–Crippen LogP) is 2.16. The highest BCUT2D eigenvalue weighted by Gasteiger charge is 2.35. The first-order chi connectivity index (χ1) is 11.3. The average molecular weight is 346 g/mol. The minimum absolute atomic E-state index is 0.0616. The molecule has 0 spiro atoms. The van der Waals surface area contributed by atoms with Crippen LogP contribution in [-0.4, -0.2) is 33.2 Å². The highest BCUT2D eigenvalue weighted by atomic mass is 32.2. The Hall–Kier alpha value is -2.54. The van der Waals surface area contributed by atoms with Gasteiger partial charge in [-0.15, -0.1) is 0 Å². The molecule has 24 heavy (non-hydrogen) atoms. The third-order valence-electron chi connectivity index (χ3n) is 3.72. The van der Waals surface area contributed by atoms with Crippen LogP contribution in [0.5, 0.6) is 5.75 Å². The van der Waals surface area contributed by atoms with Gasteiger partial charge in [0, 0.05) is 5.69 Å². The summed E-state index contributed by atoms with van der Waals surface area (Å²) < 4.78 is 31.2. The summed E-state index contributed by atoms with van der Waals surface area (Å²) in [5, 5.41) is 2.74. The Balaban J connectivity index is 1.89. The second kappa shape index (κ2) is 6.16. The van der Waals surface area contributed by atoms with Crippen molar-refractivity contribution in [3.63, 3.8) is 0 Å². The number of benzene rings is 2. The minimum Gasteiger partial charge on any atom is -0.476 e. The molecule has 2 aromatic carbocycles. The van der Waals surface area contributed by atoms with Crippen molar-refractivity contribution in [2.45, 2.75) is 13.0 Å². The van der Waals surface area contributed by atoms with Crippen LogP contribution in [0, 0.1) is 6.92 Å². The van der Waals surface area contributed by atoms with Gasteiger partial charge in [0.25, 0.3) is 5.91 Å². The van der Waals surface area contributed by atoms with Gasteiger partial charge < -0.3 is 10.1 Å². The number of hydrogen-bond acceptors (Lipinski definition) is 4. The van der Waals surface area contributed by atoms with E-state index in [1.54, 1.807) is 36.4 Å². The fourth-order valence-electron chi connectivity index (χ4n) is 2.56. The molecule has 2 aromatic rings. The largest absolute Gasteiger partial charge is 0.476 e. The summed E-state index contributed by atoms with van der Waals surface area (Å²) in [7, 11) is -3.52. The first kappa shape index (κ1) is 16.3. The summed E-state index contributed by atoms with van der Waals surface area (Å²) in [6, 6.07) is 14.2. The first-order valence-corrected chi connectivity index (χ1v) is 9.30. The lowest BCUT2D eigenvalue weighted by Gasteiger charge is -2.34. The Labute approximate surface area is 141 Å². The second-order valence-electron chi connectivity index (χ2n) is 5.73. The molecule has 7 heteroatoms. The van der Waals surface area contributed by atoms with Crippen LogP contribution in [0.15, 0.2) is 48.5 Å². The van der Waals surface area contributed by atoms with E-state index in [4.69, 9.17) is 4.74 Å². The molecule has 1 aliphatic rings. The highest BCUT2D eigenvalue weighted by Crippen LogP contribution is 2.35. The number of fused-ring (bicyclic) bond motifs is 1. The molecule has 0 fully saturated rings. The number of nitrogens with zero attached hydrogens (tertiary/aromatic N) is 1. The Kier molecular flexibility index (Phi) is 4.19. The molecule has 6 nitrogen and oxygen atoms in total. The predicted molar refractivity (Wildman–Crippen MR) is 92.9 cm³/mol. The molecular formula is C17H18N2O4S. The van der Waals surface area contributed by atoms with Crippen molar-refractivity contribution < 1.29 is 17.9 Å². The fraction of sp³-hybridized carbons (Fsp3) is 0.235. The van der Waals surface area contributed by atoms with E-state index in [0.29, 0.717) is 17.1 Å². The standard InChI is InChI=1S/C17H18N2O4S/c1-12-8-9-15-14(10-12)19(24(2,21)22)11-16(23-15)17(20)18-13-6-4-3-5-7-13/h3-10,16H,11H2,1-2H3,(H,18,20). The minimum atomic E-state index is -3.52. The molecule has 1 heterocycles. The van der Waals surface area contributed by atoms with Crippen LogP contribution < -0.4 is 14.4 Å². The van der Waals surface area contributed by atoms with Crippen LogP contribution in [-0.2, 0) is 14.8 Å². The van der Waals surface area contributed by atoms with E-state index in [1.807, 2.05) is 19.1 Å². The van der Waals surface area contributed by atoms with E-state index in [1.165, 1.54) is 4.31 Å². The van der Waals surface area contributed by atoms with E-state index in [0.717, 1.165) is 11.8 Å². The molecule has 1 N–H and O–H groups in total. The van der Waals surface area contributed by atoms with E-state index >= 15 is 0 Å². The maximum Gasteiger partial charge on any atom is 0.267 e. The smallest absolute Gasteiger partial charge is 0.267 e. The summed E-state index contributed by atoms with van der Waals surface area (Å²) in [5.74, 6) is -0.00781. The molecule has 0 bridgehead atoms. The number of amides is 1. The van der Waals surface area contributed by atoms with Crippen molar-refractivity contribution in [2.75, 3.05) is 22.4 Å². The zero-order valence-electron chi connectivity index (χ0n) is 13.4. The number of para-hydroxylation sites is 1. The van der Waals surface area contributed by atoms with Crippen molar-refractivity contribution in [3.8, 4) is 5.75 Å². The van der Waals surface area contributed by atoms with Crippen LogP contribution >= 0.6 is 0 Å². The summed E-state index contributed by atoms with van der Waals surface area (Å²) >= 11 is 0. The van der Waals surface area contributed by atoms with Gasteiger partial charge in [-0.2, -0.15) is 0 Å². The zero-order valence-corrected chi connectivity index (χ0v) is 14.2. The summed E-state index contributed by atoms with van der Waals surface area (Å²) in [4.78, 5) is 12.5. The van der Waals surface area contributed by atoms with E-state index in [2.05, 4.69) is 5.32 Å². The number of aryl methyl sites for hydroxylation is 1. The van der Waals surface area contributed by atoms with Gasteiger partial charge >= 0.3 is 0 Å². The average Bonchev–Trinajstić information content (AvgIpc) is 2.53. The van der Waals surface area contributed by atoms with Gasteiger partial charge in [0.15, 0.2) is 6.10 Å². The quantitative estimate of drug-likeness (QED) is 0.924. The molecule has 1 atom stereocenters. The molecule has 126 valence electrons. The van der Waals surface area contributed by atoms with Gasteiger partial charge in [-0.1, -0.05) is 24.3 Å². The molecule has 0 aromatic heterocycles. The number of nitrogens with one attached hydrogen (secondary N) is 1. The van der Waals surface area contributed by atoms with Gasteiger partial charge in [-0.05, 0) is 36.8 Å². The Morgan fingerprint density at radius 3 is 2.58 bits per heavy atom. The SMILES string of the molecule is Cc1ccc2c(c1)N(S(C)(=O)=O)CC(C(=O)Nc1ccccc1)O2. The Bertz CT molecular complexity index is 865. The molecule has 0 radical (unpaired) electrons. The van der Waals surface area contributed by atoms with Gasteiger partial charge in [0.1, 0.15) is 5.75 Å². The molecule has 3 rings (SSSR count). The van der Waals surface area contributed by atoms with Crippen molar-refractivity contribution >= 4 is 27.3 Å². The lowest BCUT2D eigenvalue weighted by Crippen LogP contribution is -2.48. The number of rotatable bonds is 3. The van der Waals surface area contributed by atoms with Crippen LogP contribution in [0.4, 0.5) is 11.4 Å². The van der Waals surface area contributed by atoms with Gasteiger partial charge in [-0.25, -0.2) is 8.42 Å². The van der Waals surface area contributed by atoms with E-state index in [9.17, 15) is 13.2 Å². The Morgan fingerprint density at radius 1 is 1.21 bits per heavy atom. The van der Waals surface area contributed by atoms with Crippen molar-refractivity contribution in [3.05, 3.63) is 54.1 Å². The maximum absolute atomic E-state index is 12.5. The monoisotopic (exact) mass is 346 g/mol. The molecule has 1 aliphatic heterocycles. The molecule has 0 aliphatic carbocycles. The topological polar surface area (TPSA) is 75.7 Å². The number of anilines is 2. The molecule has 0 saturated carbocycles. The number of sulfonamides is 1. The summed E-state index contributed by atoms with van der Waals surface area (Å²) in [6.45, 7) is 1.81. The first-order valence-electron chi connectivity index (χ1n) is 7.45. The van der Waals surface area contributed by atoms with Gasteiger partial charge in [0.2, 0.25) is 10.0 Å². The summed E-state index contributed by atoms with van der Waals surface area (Å²) in [5.41, 5.74) is 2.01. The number of carbonyl (C=O) groups excluding carboxylic acids is 1. The van der Waals surface area contributed by atoms with E-state index in [-0.39, 0.29) is 12.5 Å². The number of carbonyl (C=O) groups is 1. The number of ether oxygens (including phenoxy) is 1. The van der Waals surface area contributed by atoms with Crippen LogP contribution in [0.1, 0.15) is 5.56 Å². The third-order valence-corrected chi connectivity index (χ3v) is 4.86. The van der Waals surface area contributed by atoms with Crippen molar-refractivity contribution in [2.24, 2.45) is 0 Å². The van der Waals surface area contributed by atoms with Crippen LogP contribution in [0.3, 0.4) is 0 Å². The lowest BCUT2D eigenvalue weighted by atomic mass is 10.1. The molecular weight excluding hydrogens is 328 g/mol.